The van der Waals surface area contributed by atoms with Gasteiger partial charge in [-0.25, -0.2) is 0 Å². The summed E-state index contributed by atoms with van der Waals surface area (Å²) in [5.74, 6) is 0.179. The van der Waals surface area contributed by atoms with Crippen LogP contribution in [0.25, 0.3) is 10.1 Å². The number of ketones is 1. The highest BCUT2D eigenvalue weighted by molar-refractivity contribution is 9.10. The van der Waals surface area contributed by atoms with Gasteiger partial charge in [0, 0.05) is 30.4 Å². The zero-order valence-corrected chi connectivity index (χ0v) is 14.5. The maximum Gasteiger partial charge on any atom is 0.204 e. The molecule has 0 bridgehead atoms. The molecule has 106 valence electrons. The first-order valence-electron chi connectivity index (χ1n) is 7.06. The standard InChI is InChI=1S/C17H13BrOS2/c18-13-6-3-5-11-12(9-20-17(11)13)16(19)15-8-10-4-1-2-7-14(10)21-15/h3,5-6,8-9H,1-2,4,7H2. The molecular formula is C17H13BrOS2. The number of benzene rings is 1. The monoisotopic (exact) mass is 376 g/mol. The highest BCUT2D eigenvalue weighted by atomic mass is 79.9. The van der Waals surface area contributed by atoms with Crippen molar-refractivity contribution in [3.05, 3.63) is 55.0 Å². The molecule has 4 rings (SSSR count). The number of carbonyl (C=O) groups excluding carboxylic acids is 1. The topological polar surface area (TPSA) is 17.1 Å². The maximum absolute atomic E-state index is 12.9. The number of carbonyl (C=O) groups is 1. The molecule has 21 heavy (non-hydrogen) atoms. The smallest absolute Gasteiger partial charge is 0.204 e. The average Bonchev–Trinajstić information content (AvgIpc) is 3.11. The Morgan fingerprint density at radius 2 is 2.05 bits per heavy atom. The van der Waals surface area contributed by atoms with Crippen molar-refractivity contribution < 1.29 is 4.79 Å². The first-order chi connectivity index (χ1) is 10.2. The van der Waals surface area contributed by atoms with Crippen molar-refractivity contribution in [3.8, 4) is 0 Å². The largest absolute Gasteiger partial charge is 0.288 e. The lowest BCUT2D eigenvalue weighted by Gasteiger charge is -2.08. The molecule has 1 aliphatic carbocycles. The van der Waals surface area contributed by atoms with Gasteiger partial charge in [-0.1, -0.05) is 12.1 Å². The molecule has 3 aromatic rings. The summed E-state index contributed by atoms with van der Waals surface area (Å²) >= 11 is 6.90. The van der Waals surface area contributed by atoms with Gasteiger partial charge in [-0.2, -0.15) is 0 Å². The quantitative estimate of drug-likeness (QED) is 0.513. The van der Waals surface area contributed by atoms with E-state index in [0.29, 0.717) is 0 Å². The Morgan fingerprint density at radius 3 is 2.90 bits per heavy atom. The fourth-order valence-electron chi connectivity index (χ4n) is 2.93. The second-order valence-electron chi connectivity index (χ2n) is 5.36. The summed E-state index contributed by atoms with van der Waals surface area (Å²) in [6, 6.07) is 8.19. The number of rotatable bonds is 2. The zero-order valence-electron chi connectivity index (χ0n) is 11.3. The van der Waals surface area contributed by atoms with E-state index in [2.05, 4.69) is 22.0 Å². The molecule has 0 spiro atoms. The Hall–Kier alpha value is -0.970. The first-order valence-corrected chi connectivity index (χ1v) is 9.55. The van der Waals surface area contributed by atoms with Gasteiger partial charge in [0.2, 0.25) is 5.78 Å². The van der Waals surface area contributed by atoms with Gasteiger partial charge in [0.1, 0.15) is 0 Å². The normalized spacial score (nSPS) is 14.3. The minimum Gasteiger partial charge on any atom is -0.288 e. The van der Waals surface area contributed by atoms with Crippen LogP contribution in [0.15, 0.2) is 34.1 Å². The van der Waals surface area contributed by atoms with E-state index < -0.39 is 0 Å². The van der Waals surface area contributed by atoms with Crippen molar-refractivity contribution in [3.63, 3.8) is 0 Å². The van der Waals surface area contributed by atoms with E-state index in [-0.39, 0.29) is 5.78 Å². The van der Waals surface area contributed by atoms with E-state index >= 15 is 0 Å². The minimum absolute atomic E-state index is 0.179. The summed E-state index contributed by atoms with van der Waals surface area (Å²) in [6.07, 6.45) is 4.79. The predicted molar refractivity (Wildman–Crippen MR) is 93.9 cm³/mol. The Morgan fingerprint density at radius 1 is 1.19 bits per heavy atom. The van der Waals surface area contributed by atoms with Crippen molar-refractivity contribution in [2.75, 3.05) is 0 Å². The van der Waals surface area contributed by atoms with Crippen LogP contribution in [-0.4, -0.2) is 5.78 Å². The molecule has 4 heteroatoms. The van der Waals surface area contributed by atoms with Gasteiger partial charge < -0.3 is 0 Å². The summed E-state index contributed by atoms with van der Waals surface area (Å²) in [6.45, 7) is 0. The van der Waals surface area contributed by atoms with Crippen molar-refractivity contribution >= 4 is 54.5 Å². The number of halogens is 1. The first kappa shape index (κ1) is 13.7. The summed E-state index contributed by atoms with van der Waals surface area (Å²) in [4.78, 5) is 15.2. The van der Waals surface area contributed by atoms with Gasteiger partial charge in [0.15, 0.2) is 0 Å². The SMILES string of the molecule is O=C(c1cc2c(s1)CCCC2)c1csc2c(Br)cccc12. The highest BCUT2D eigenvalue weighted by Crippen LogP contribution is 2.36. The second kappa shape index (κ2) is 5.34. The van der Waals surface area contributed by atoms with E-state index in [1.807, 2.05) is 23.6 Å². The average molecular weight is 377 g/mol. The highest BCUT2D eigenvalue weighted by Gasteiger charge is 2.20. The van der Waals surface area contributed by atoms with Gasteiger partial charge in [-0.05, 0) is 59.3 Å². The molecule has 0 fully saturated rings. The van der Waals surface area contributed by atoms with Crippen molar-refractivity contribution in [1.29, 1.82) is 0 Å². The molecule has 0 aliphatic heterocycles. The lowest BCUT2D eigenvalue weighted by atomic mass is 9.98. The summed E-state index contributed by atoms with van der Waals surface area (Å²) in [5.41, 5.74) is 2.24. The van der Waals surface area contributed by atoms with Crippen LogP contribution in [0.5, 0.6) is 0 Å². The maximum atomic E-state index is 12.9. The zero-order chi connectivity index (χ0) is 14.4. The summed E-state index contributed by atoms with van der Waals surface area (Å²) in [5, 5.41) is 3.06. The molecule has 0 unspecified atom stereocenters. The molecule has 0 N–H and O–H groups in total. The van der Waals surface area contributed by atoms with Gasteiger partial charge in [-0.15, -0.1) is 22.7 Å². The van der Waals surface area contributed by atoms with Gasteiger partial charge in [0.25, 0.3) is 0 Å². The predicted octanol–water partition coefficient (Wildman–Crippen LogP) is 5.84. The minimum atomic E-state index is 0.179. The van der Waals surface area contributed by atoms with E-state index in [0.717, 1.165) is 37.8 Å². The number of aryl methyl sites for hydroxylation is 2. The Balaban J connectivity index is 1.79. The van der Waals surface area contributed by atoms with Crippen LogP contribution >= 0.6 is 38.6 Å². The molecule has 1 nitrogen and oxygen atoms in total. The molecule has 1 aromatic carbocycles. The molecule has 2 aromatic heterocycles. The molecule has 0 radical (unpaired) electrons. The molecule has 0 atom stereocenters. The van der Waals surface area contributed by atoms with E-state index in [9.17, 15) is 4.79 Å². The third-order valence-electron chi connectivity index (χ3n) is 4.02. The number of hydrogen-bond donors (Lipinski definition) is 0. The summed E-state index contributed by atoms with van der Waals surface area (Å²) in [7, 11) is 0. The van der Waals surface area contributed by atoms with Crippen LogP contribution in [0, 0.1) is 0 Å². The number of thiophene rings is 2. The number of hydrogen-bond acceptors (Lipinski definition) is 3. The van der Waals surface area contributed by atoms with Crippen molar-refractivity contribution in [1.82, 2.24) is 0 Å². The molecule has 0 saturated heterocycles. The molecule has 0 saturated carbocycles. The van der Waals surface area contributed by atoms with Crippen LogP contribution in [0.3, 0.4) is 0 Å². The fraction of sp³-hybridized carbons (Fsp3) is 0.235. The summed E-state index contributed by atoms with van der Waals surface area (Å²) < 4.78 is 2.22. The second-order valence-corrected chi connectivity index (χ2v) is 8.23. The third-order valence-corrected chi connectivity index (χ3v) is 7.21. The van der Waals surface area contributed by atoms with Crippen LogP contribution in [-0.2, 0) is 12.8 Å². The number of fused-ring (bicyclic) bond motifs is 2. The van der Waals surface area contributed by atoms with Crippen molar-refractivity contribution in [2.45, 2.75) is 25.7 Å². The molecular weight excluding hydrogens is 364 g/mol. The van der Waals surface area contributed by atoms with Gasteiger partial charge in [-0.3, -0.25) is 4.79 Å². The molecule has 2 heterocycles. The van der Waals surface area contributed by atoms with Gasteiger partial charge >= 0.3 is 0 Å². The molecule has 1 aliphatic rings. The van der Waals surface area contributed by atoms with E-state index in [1.54, 1.807) is 22.7 Å². The van der Waals surface area contributed by atoms with E-state index in [4.69, 9.17) is 0 Å². The van der Waals surface area contributed by atoms with Crippen LogP contribution in [0.2, 0.25) is 0 Å². The Kier molecular flexibility index (Phi) is 3.48. The molecule has 0 amide bonds. The lowest BCUT2D eigenvalue weighted by Crippen LogP contribution is -1.97. The van der Waals surface area contributed by atoms with Gasteiger partial charge in [0.05, 0.1) is 4.88 Å². The van der Waals surface area contributed by atoms with E-state index in [1.165, 1.54) is 23.3 Å². The Bertz CT molecular complexity index is 820. The third kappa shape index (κ3) is 2.30. The Labute approximate surface area is 139 Å². The van der Waals surface area contributed by atoms with Crippen LogP contribution < -0.4 is 0 Å². The lowest BCUT2D eigenvalue weighted by molar-refractivity contribution is 0.104. The fourth-order valence-corrected chi connectivity index (χ4v) is 5.74. The van der Waals surface area contributed by atoms with Crippen molar-refractivity contribution in [2.24, 2.45) is 0 Å². The van der Waals surface area contributed by atoms with Crippen LogP contribution in [0.4, 0.5) is 0 Å². The van der Waals surface area contributed by atoms with Crippen LogP contribution in [0.1, 0.15) is 38.5 Å².